The minimum Gasteiger partial charge on any atom is -0.380 e. The summed E-state index contributed by atoms with van der Waals surface area (Å²) in [5.41, 5.74) is 5.67. The van der Waals surface area contributed by atoms with Crippen molar-refractivity contribution in [3.8, 4) is 0 Å². The summed E-state index contributed by atoms with van der Waals surface area (Å²) in [5.74, 6) is 0. The number of ether oxygens (including phenoxy) is 1. The lowest BCUT2D eigenvalue weighted by molar-refractivity contribution is 0.0845. The van der Waals surface area contributed by atoms with Gasteiger partial charge in [0.2, 0.25) is 0 Å². The van der Waals surface area contributed by atoms with Gasteiger partial charge in [-0.3, -0.25) is 0 Å². The van der Waals surface area contributed by atoms with Crippen LogP contribution < -0.4 is 5.73 Å². The molecule has 2 heteroatoms. The van der Waals surface area contributed by atoms with Gasteiger partial charge in [0, 0.05) is 13.2 Å². The summed E-state index contributed by atoms with van der Waals surface area (Å²) in [7, 11) is 1.68. The molecule has 0 aliphatic carbocycles. The summed E-state index contributed by atoms with van der Waals surface area (Å²) >= 11 is 0. The van der Waals surface area contributed by atoms with Crippen LogP contribution in [0.1, 0.15) is 19.8 Å². The molecule has 2 nitrogen and oxygen atoms in total. The molecule has 0 amide bonds. The van der Waals surface area contributed by atoms with Crippen LogP contribution in [-0.4, -0.2) is 19.3 Å². The molecule has 2 N–H and O–H groups in total. The van der Waals surface area contributed by atoms with E-state index in [-0.39, 0.29) is 12.1 Å². The molecule has 0 rings (SSSR count). The highest BCUT2D eigenvalue weighted by Gasteiger charge is 2.11. The van der Waals surface area contributed by atoms with E-state index in [1.165, 1.54) is 0 Å². The van der Waals surface area contributed by atoms with E-state index in [1.807, 2.05) is 0 Å². The van der Waals surface area contributed by atoms with Crippen LogP contribution in [0.4, 0.5) is 0 Å². The van der Waals surface area contributed by atoms with Crippen LogP contribution in [0.15, 0.2) is 12.7 Å². The van der Waals surface area contributed by atoms with E-state index in [9.17, 15) is 0 Å². The molecule has 0 spiro atoms. The summed E-state index contributed by atoms with van der Waals surface area (Å²) in [5, 5.41) is 0. The van der Waals surface area contributed by atoms with Gasteiger partial charge < -0.3 is 10.5 Å². The maximum absolute atomic E-state index is 5.67. The maximum atomic E-state index is 5.67. The average molecular weight is 143 g/mol. The summed E-state index contributed by atoms with van der Waals surface area (Å²) < 4.78 is 5.15. The molecule has 0 saturated carbocycles. The third kappa shape index (κ3) is 2.99. The molecule has 2 atom stereocenters. The molecule has 0 heterocycles. The Morgan fingerprint density at radius 2 is 2.30 bits per heavy atom. The molecule has 60 valence electrons. The number of hydrogen-bond donors (Lipinski definition) is 1. The van der Waals surface area contributed by atoms with Gasteiger partial charge in [0.15, 0.2) is 0 Å². The van der Waals surface area contributed by atoms with Crippen molar-refractivity contribution in [3.63, 3.8) is 0 Å². The maximum Gasteiger partial charge on any atom is 0.0757 e. The van der Waals surface area contributed by atoms with Crippen molar-refractivity contribution < 1.29 is 4.74 Å². The van der Waals surface area contributed by atoms with Crippen molar-refractivity contribution in [3.05, 3.63) is 12.7 Å². The molecule has 0 fully saturated rings. The zero-order valence-corrected chi connectivity index (χ0v) is 6.84. The highest BCUT2D eigenvalue weighted by Crippen LogP contribution is 2.04. The van der Waals surface area contributed by atoms with Crippen molar-refractivity contribution in [2.75, 3.05) is 7.11 Å². The van der Waals surface area contributed by atoms with E-state index < -0.39 is 0 Å². The lowest BCUT2D eigenvalue weighted by atomic mass is 10.1. The molecule has 0 radical (unpaired) electrons. The second-order valence-electron chi connectivity index (χ2n) is 2.38. The van der Waals surface area contributed by atoms with E-state index in [2.05, 4.69) is 13.5 Å². The summed E-state index contributed by atoms with van der Waals surface area (Å²) in [4.78, 5) is 0. The van der Waals surface area contributed by atoms with Crippen LogP contribution in [0.2, 0.25) is 0 Å². The molecule has 10 heavy (non-hydrogen) atoms. The highest BCUT2D eigenvalue weighted by molar-refractivity contribution is 4.88. The van der Waals surface area contributed by atoms with Crippen molar-refractivity contribution in [1.82, 2.24) is 0 Å². The molecule has 0 aromatic rings. The van der Waals surface area contributed by atoms with E-state index in [4.69, 9.17) is 10.5 Å². The second kappa shape index (κ2) is 5.45. The standard InChI is InChI=1S/C8H17NO/c1-4-6-8(10-3)7(9)5-2/h5,7-8H,2,4,6,9H2,1,3H3. The zero-order valence-electron chi connectivity index (χ0n) is 6.84. The monoisotopic (exact) mass is 143 g/mol. The molecule has 0 bridgehead atoms. The van der Waals surface area contributed by atoms with Crippen LogP contribution in [0.25, 0.3) is 0 Å². The molecule has 0 saturated heterocycles. The van der Waals surface area contributed by atoms with Crippen LogP contribution in [0, 0.1) is 0 Å². The zero-order chi connectivity index (χ0) is 7.98. The summed E-state index contributed by atoms with van der Waals surface area (Å²) in [6, 6.07) is -0.0232. The SMILES string of the molecule is C=CC(N)C(CCC)OC. The van der Waals surface area contributed by atoms with E-state index in [0.29, 0.717) is 0 Å². The minimum atomic E-state index is -0.0232. The lowest BCUT2D eigenvalue weighted by Gasteiger charge is -2.18. The average Bonchev–Trinajstić information content (AvgIpc) is 1.99. The van der Waals surface area contributed by atoms with Crippen molar-refractivity contribution in [2.24, 2.45) is 5.73 Å². The van der Waals surface area contributed by atoms with E-state index in [1.54, 1.807) is 13.2 Å². The quantitative estimate of drug-likeness (QED) is 0.589. The number of nitrogens with two attached hydrogens (primary N) is 1. The van der Waals surface area contributed by atoms with Gasteiger partial charge in [-0.05, 0) is 6.42 Å². The van der Waals surface area contributed by atoms with Gasteiger partial charge >= 0.3 is 0 Å². The number of hydrogen-bond acceptors (Lipinski definition) is 2. The first-order chi connectivity index (χ1) is 4.76. The first-order valence-corrected chi connectivity index (χ1v) is 3.67. The molecule has 0 aliphatic rings. The Morgan fingerprint density at radius 3 is 2.60 bits per heavy atom. The van der Waals surface area contributed by atoms with Gasteiger partial charge in [0.1, 0.15) is 0 Å². The Kier molecular flexibility index (Phi) is 5.26. The largest absolute Gasteiger partial charge is 0.380 e. The third-order valence-corrected chi connectivity index (χ3v) is 1.58. The Bertz CT molecular complexity index is 93.3. The molecular weight excluding hydrogens is 126 g/mol. The normalized spacial score (nSPS) is 16.3. The topological polar surface area (TPSA) is 35.2 Å². The van der Waals surface area contributed by atoms with Gasteiger partial charge in [0.25, 0.3) is 0 Å². The van der Waals surface area contributed by atoms with E-state index in [0.717, 1.165) is 12.8 Å². The molecule has 0 aromatic carbocycles. The Labute approximate surface area is 63.1 Å². The van der Waals surface area contributed by atoms with Gasteiger partial charge in [0.05, 0.1) is 6.10 Å². The van der Waals surface area contributed by atoms with Crippen molar-refractivity contribution in [2.45, 2.75) is 31.9 Å². The van der Waals surface area contributed by atoms with Gasteiger partial charge in [-0.2, -0.15) is 0 Å². The summed E-state index contributed by atoms with van der Waals surface area (Å²) in [6.45, 7) is 5.72. The Balaban J connectivity index is 3.67. The molecule has 0 aliphatic heterocycles. The first-order valence-electron chi connectivity index (χ1n) is 3.67. The van der Waals surface area contributed by atoms with Crippen LogP contribution in [0.5, 0.6) is 0 Å². The number of methoxy groups -OCH3 is 1. The highest BCUT2D eigenvalue weighted by atomic mass is 16.5. The van der Waals surface area contributed by atoms with Gasteiger partial charge in [-0.15, -0.1) is 6.58 Å². The fourth-order valence-corrected chi connectivity index (χ4v) is 0.904. The van der Waals surface area contributed by atoms with Crippen LogP contribution in [0.3, 0.4) is 0 Å². The Hall–Kier alpha value is -0.340. The summed E-state index contributed by atoms with van der Waals surface area (Å²) in [6.07, 6.45) is 3.97. The van der Waals surface area contributed by atoms with Gasteiger partial charge in [-0.25, -0.2) is 0 Å². The molecular formula is C8H17NO. The number of rotatable bonds is 5. The minimum absolute atomic E-state index is 0.0232. The first kappa shape index (κ1) is 9.66. The van der Waals surface area contributed by atoms with Crippen LogP contribution in [-0.2, 0) is 4.74 Å². The predicted molar refractivity (Wildman–Crippen MR) is 43.9 cm³/mol. The fraction of sp³-hybridized carbons (Fsp3) is 0.750. The second-order valence-corrected chi connectivity index (χ2v) is 2.38. The van der Waals surface area contributed by atoms with Crippen molar-refractivity contribution in [1.29, 1.82) is 0 Å². The van der Waals surface area contributed by atoms with E-state index >= 15 is 0 Å². The predicted octanol–water partition coefficient (Wildman–Crippen LogP) is 1.31. The smallest absolute Gasteiger partial charge is 0.0757 e. The molecule has 2 unspecified atom stereocenters. The van der Waals surface area contributed by atoms with Gasteiger partial charge in [-0.1, -0.05) is 19.4 Å². The van der Waals surface area contributed by atoms with Crippen molar-refractivity contribution >= 4 is 0 Å². The lowest BCUT2D eigenvalue weighted by Crippen LogP contribution is -2.33. The Morgan fingerprint density at radius 1 is 1.70 bits per heavy atom. The molecule has 0 aromatic heterocycles. The van der Waals surface area contributed by atoms with Crippen LogP contribution >= 0.6 is 0 Å². The fourth-order valence-electron chi connectivity index (χ4n) is 0.904. The third-order valence-electron chi connectivity index (χ3n) is 1.58.